The number of morpholine rings is 1. The molecule has 2 aromatic carbocycles. The Morgan fingerprint density at radius 2 is 1.93 bits per heavy atom. The van der Waals surface area contributed by atoms with E-state index in [9.17, 15) is 4.79 Å². The number of ether oxygens (including phenoxy) is 1. The fourth-order valence-electron chi connectivity index (χ4n) is 3.60. The second-order valence-electron chi connectivity index (χ2n) is 7.08. The minimum atomic E-state index is 0.0871. The van der Waals surface area contributed by atoms with Crippen LogP contribution in [-0.4, -0.2) is 41.7 Å². The number of nitrogens with zero attached hydrogens (tertiary/aromatic N) is 2. The molecule has 0 saturated carbocycles. The molecule has 1 aliphatic rings. The molecule has 1 fully saturated rings. The number of carbonyl (C=O) groups is 1. The Morgan fingerprint density at radius 1 is 1.11 bits per heavy atom. The molecule has 142 valence electrons. The van der Waals surface area contributed by atoms with Crippen molar-refractivity contribution in [2.24, 2.45) is 0 Å². The van der Waals surface area contributed by atoms with Crippen LogP contribution in [0, 0.1) is 18.8 Å². The molecule has 3 aromatic rings. The Morgan fingerprint density at radius 3 is 2.75 bits per heavy atom. The maximum atomic E-state index is 13.0. The van der Waals surface area contributed by atoms with Gasteiger partial charge in [0.2, 0.25) is 0 Å². The van der Waals surface area contributed by atoms with Gasteiger partial charge < -0.3 is 14.2 Å². The number of carbonyl (C=O) groups excluding carboxylic acids is 1. The molecule has 1 amide bonds. The van der Waals surface area contributed by atoms with Gasteiger partial charge in [-0.15, -0.1) is 0 Å². The maximum absolute atomic E-state index is 13.0. The zero-order valence-electron chi connectivity index (χ0n) is 16.1. The first-order chi connectivity index (χ1) is 13.7. The van der Waals surface area contributed by atoms with Crippen molar-refractivity contribution in [1.29, 1.82) is 0 Å². The summed E-state index contributed by atoms with van der Waals surface area (Å²) < 4.78 is 7.52. The van der Waals surface area contributed by atoms with E-state index in [1.807, 2.05) is 41.4 Å². The molecule has 1 saturated heterocycles. The number of fused-ring (bicyclic) bond motifs is 1. The molecule has 0 radical (unpaired) electrons. The third-order valence-electron chi connectivity index (χ3n) is 5.05. The van der Waals surface area contributed by atoms with Crippen molar-refractivity contribution in [3.8, 4) is 11.8 Å². The van der Waals surface area contributed by atoms with E-state index in [0.29, 0.717) is 26.3 Å². The van der Waals surface area contributed by atoms with Crippen LogP contribution >= 0.6 is 0 Å². The summed E-state index contributed by atoms with van der Waals surface area (Å²) in [6.45, 7) is 5.36. The van der Waals surface area contributed by atoms with Crippen molar-refractivity contribution in [2.75, 3.05) is 26.3 Å². The number of para-hydroxylation sites is 1. The maximum Gasteiger partial charge on any atom is 0.256 e. The van der Waals surface area contributed by atoms with E-state index in [1.54, 1.807) is 0 Å². The average molecular weight is 372 g/mol. The van der Waals surface area contributed by atoms with Crippen LogP contribution < -0.4 is 0 Å². The van der Waals surface area contributed by atoms with Gasteiger partial charge in [-0.1, -0.05) is 42.2 Å². The quantitative estimate of drug-likeness (QED) is 0.654. The minimum absolute atomic E-state index is 0.0871. The zero-order chi connectivity index (χ0) is 19.3. The first-order valence-electron chi connectivity index (χ1n) is 9.73. The lowest BCUT2D eigenvalue weighted by molar-refractivity contribution is 0.0304. The van der Waals surface area contributed by atoms with Crippen LogP contribution in [-0.2, 0) is 11.3 Å². The topological polar surface area (TPSA) is 34.5 Å². The molecule has 0 bridgehead atoms. The van der Waals surface area contributed by atoms with Crippen LogP contribution in [0.4, 0.5) is 0 Å². The van der Waals surface area contributed by atoms with Gasteiger partial charge in [-0.05, 0) is 30.7 Å². The monoisotopic (exact) mass is 372 g/mol. The molecule has 0 aliphatic carbocycles. The largest absolute Gasteiger partial charge is 0.378 e. The minimum Gasteiger partial charge on any atom is -0.378 e. The fourth-order valence-corrected chi connectivity index (χ4v) is 3.60. The molecule has 4 heteroatoms. The highest BCUT2D eigenvalue weighted by Crippen LogP contribution is 2.23. The van der Waals surface area contributed by atoms with Gasteiger partial charge in [0.25, 0.3) is 5.91 Å². The van der Waals surface area contributed by atoms with Gasteiger partial charge >= 0.3 is 0 Å². The van der Waals surface area contributed by atoms with Crippen molar-refractivity contribution >= 4 is 16.8 Å². The summed E-state index contributed by atoms with van der Waals surface area (Å²) in [5, 5.41) is 1.01. The number of benzene rings is 2. The number of hydrogen-bond donors (Lipinski definition) is 0. The van der Waals surface area contributed by atoms with Crippen molar-refractivity contribution in [3.05, 3.63) is 71.4 Å². The molecule has 0 N–H and O–H groups in total. The summed E-state index contributed by atoms with van der Waals surface area (Å²) in [7, 11) is 0. The molecule has 1 aliphatic heterocycles. The van der Waals surface area contributed by atoms with Crippen molar-refractivity contribution in [2.45, 2.75) is 19.9 Å². The first kappa shape index (κ1) is 18.3. The molecule has 0 spiro atoms. The molecule has 0 atom stereocenters. The van der Waals surface area contributed by atoms with Gasteiger partial charge in [-0.25, -0.2) is 0 Å². The van der Waals surface area contributed by atoms with Gasteiger partial charge in [0.15, 0.2) is 0 Å². The molecule has 28 heavy (non-hydrogen) atoms. The van der Waals surface area contributed by atoms with Gasteiger partial charge in [0, 0.05) is 48.7 Å². The van der Waals surface area contributed by atoms with E-state index in [4.69, 9.17) is 4.74 Å². The Hall–Kier alpha value is -3.03. The van der Waals surface area contributed by atoms with Crippen LogP contribution in [0.5, 0.6) is 0 Å². The van der Waals surface area contributed by atoms with Gasteiger partial charge in [-0.3, -0.25) is 4.79 Å². The second-order valence-corrected chi connectivity index (χ2v) is 7.08. The van der Waals surface area contributed by atoms with Gasteiger partial charge in [0.05, 0.1) is 18.8 Å². The van der Waals surface area contributed by atoms with E-state index < -0.39 is 0 Å². The molecule has 4 rings (SSSR count). The van der Waals surface area contributed by atoms with E-state index in [2.05, 4.69) is 41.5 Å². The second kappa shape index (κ2) is 8.33. The molecule has 0 unspecified atom stereocenters. The normalized spacial score (nSPS) is 14.0. The predicted molar refractivity (Wildman–Crippen MR) is 111 cm³/mol. The smallest absolute Gasteiger partial charge is 0.256 e. The average Bonchev–Trinajstić information content (AvgIpc) is 3.10. The van der Waals surface area contributed by atoms with Crippen LogP contribution in [0.25, 0.3) is 10.9 Å². The third-order valence-corrected chi connectivity index (χ3v) is 5.05. The number of rotatable bonds is 3. The summed E-state index contributed by atoms with van der Waals surface area (Å²) in [6.07, 6.45) is 2.72. The lowest BCUT2D eigenvalue weighted by Crippen LogP contribution is -2.40. The van der Waals surface area contributed by atoms with Gasteiger partial charge in [-0.2, -0.15) is 0 Å². The molecular weight excluding hydrogens is 348 g/mol. The Kier molecular flexibility index (Phi) is 5.45. The molecule has 4 nitrogen and oxygen atoms in total. The summed E-state index contributed by atoms with van der Waals surface area (Å²) in [5.41, 5.74) is 4.11. The van der Waals surface area contributed by atoms with E-state index in [0.717, 1.165) is 35.0 Å². The Labute approximate surface area is 165 Å². The van der Waals surface area contributed by atoms with Crippen LogP contribution in [0.1, 0.15) is 27.9 Å². The predicted octanol–water partition coefficient (Wildman–Crippen LogP) is 3.86. The van der Waals surface area contributed by atoms with Crippen LogP contribution in [0.15, 0.2) is 54.7 Å². The van der Waals surface area contributed by atoms with Crippen LogP contribution in [0.2, 0.25) is 0 Å². The van der Waals surface area contributed by atoms with E-state index in [1.165, 1.54) is 5.56 Å². The van der Waals surface area contributed by atoms with E-state index in [-0.39, 0.29) is 5.91 Å². The van der Waals surface area contributed by atoms with Crippen LogP contribution in [0.3, 0.4) is 0 Å². The SMILES string of the molecule is Cc1cccc(C#CCCn2cc(C(=O)N3CCOCC3)c3ccccc32)c1. The van der Waals surface area contributed by atoms with Gasteiger partial charge in [0.1, 0.15) is 0 Å². The highest BCUT2D eigenvalue weighted by atomic mass is 16.5. The lowest BCUT2D eigenvalue weighted by atomic mass is 10.1. The molecule has 2 heterocycles. The zero-order valence-corrected chi connectivity index (χ0v) is 16.1. The molecule has 1 aromatic heterocycles. The first-order valence-corrected chi connectivity index (χ1v) is 9.73. The Balaban J connectivity index is 1.54. The fraction of sp³-hybridized carbons (Fsp3) is 0.292. The van der Waals surface area contributed by atoms with Crippen molar-refractivity contribution in [3.63, 3.8) is 0 Å². The highest BCUT2D eigenvalue weighted by molar-refractivity contribution is 6.07. The van der Waals surface area contributed by atoms with E-state index >= 15 is 0 Å². The number of amides is 1. The summed E-state index contributed by atoms with van der Waals surface area (Å²) >= 11 is 0. The highest BCUT2D eigenvalue weighted by Gasteiger charge is 2.22. The summed E-state index contributed by atoms with van der Waals surface area (Å²) in [4.78, 5) is 14.9. The number of hydrogen-bond acceptors (Lipinski definition) is 2. The van der Waals surface area contributed by atoms with Crippen molar-refractivity contribution in [1.82, 2.24) is 9.47 Å². The summed E-state index contributed by atoms with van der Waals surface area (Å²) in [6, 6.07) is 16.3. The summed E-state index contributed by atoms with van der Waals surface area (Å²) in [5.74, 6) is 6.58. The lowest BCUT2D eigenvalue weighted by Gasteiger charge is -2.26. The number of aryl methyl sites for hydroxylation is 2. The standard InChI is InChI=1S/C24H24N2O2/c1-19-7-6-9-20(17-19)8-4-5-12-26-18-22(21-10-2-3-11-23(21)26)24(27)25-13-15-28-16-14-25/h2-3,6-7,9-11,17-18H,5,12-16H2,1H3. The third kappa shape index (κ3) is 3.95. The number of aromatic nitrogens is 1. The molecular formula is C24H24N2O2. The van der Waals surface area contributed by atoms with Crippen molar-refractivity contribution < 1.29 is 9.53 Å². The Bertz CT molecular complexity index is 1050.